The Labute approximate surface area is 96.0 Å². The van der Waals surface area contributed by atoms with Gasteiger partial charge in [-0.25, -0.2) is 0 Å². The van der Waals surface area contributed by atoms with E-state index in [2.05, 4.69) is 17.4 Å². The van der Waals surface area contributed by atoms with Crippen LogP contribution in [0.15, 0.2) is 24.3 Å². The van der Waals surface area contributed by atoms with Crippen molar-refractivity contribution in [1.29, 1.82) is 0 Å². The lowest BCUT2D eigenvalue weighted by Crippen LogP contribution is -2.41. The van der Waals surface area contributed by atoms with Crippen LogP contribution in [0.1, 0.15) is 18.1 Å². The molecule has 1 aliphatic rings. The standard InChI is InChI=1S/C13H18N2O/c1-9(8-14)15-13(16)12-6-10-4-2-3-5-11(10)7-12/h2-5,9,12H,6-8,14H2,1H3,(H,15,16). The van der Waals surface area contributed by atoms with Crippen LogP contribution in [0.2, 0.25) is 0 Å². The molecule has 0 aromatic heterocycles. The molecule has 16 heavy (non-hydrogen) atoms. The van der Waals surface area contributed by atoms with Crippen LogP contribution in [0.3, 0.4) is 0 Å². The number of rotatable bonds is 3. The molecule has 0 aliphatic heterocycles. The molecule has 1 aromatic rings. The molecule has 1 atom stereocenters. The predicted molar refractivity (Wildman–Crippen MR) is 64.0 cm³/mol. The Morgan fingerprint density at radius 1 is 1.44 bits per heavy atom. The van der Waals surface area contributed by atoms with Gasteiger partial charge in [-0.05, 0) is 30.9 Å². The van der Waals surface area contributed by atoms with Crippen molar-refractivity contribution in [2.75, 3.05) is 6.54 Å². The summed E-state index contributed by atoms with van der Waals surface area (Å²) in [5, 5.41) is 2.94. The van der Waals surface area contributed by atoms with E-state index in [-0.39, 0.29) is 17.9 Å². The Kier molecular flexibility index (Phi) is 3.25. The highest BCUT2D eigenvalue weighted by Crippen LogP contribution is 2.26. The molecule has 0 saturated heterocycles. The summed E-state index contributed by atoms with van der Waals surface area (Å²) in [5.74, 6) is 0.223. The number of hydrogen-bond acceptors (Lipinski definition) is 2. The SMILES string of the molecule is CC(CN)NC(=O)C1Cc2ccccc2C1. The Hall–Kier alpha value is -1.35. The van der Waals surface area contributed by atoms with Crippen molar-refractivity contribution in [2.24, 2.45) is 11.7 Å². The van der Waals surface area contributed by atoms with Gasteiger partial charge in [0.05, 0.1) is 0 Å². The second-order valence-corrected chi connectivity index (χ2v) is 4.52. The summed E-state index contributed by atoms with van der Waals surface area (Å²) >= 11 is 0. The fourth-order valence-electron chi connectivity index (χ4n) is 2.16. The van der Waals surface area contributed by atoms with Crippen LogP contribution >= 0.6 is 0 Å². The van der Waals surface area contributed by atoms with Crippen LogP contribution in [0.25, 0.3) is 0 Å². The van der Waals surface area contributed by atoms with Gasteiger partial charge in [0.15, 0.2) is 0 Å². The average Bonchev–Trinajstić information content (AvgIpc) is 2.72. The predicted octanol–water partition coefficient (Wildman–Crippen LogP) is 0.865. The lowest BCUT2D eigenvalue weighted by atomic mass is 10.1. The van der Waals surface area contributed by atoms with Crippen LogP contribution < -0.4 is 11.1 Å². The third-order valence-electron chi connectivity index (χ3n) is 3.16. The molecule has 0 bridgehead atoms. The minimum atomic E-state index is 0.0659. The first kappa shape index (κ1) is 11.1. The minimum Gasteiger partial charge on any atom is -0.352 e. The summed E-state index contributed by atoms with van der Waals surface area (Å²) in [7, 11) is 0. The van der Waals surface area contributed by atoms with Crippen molar-refractivity contribution in [1.82, 2.24) is 5.32 Å². The zero-order valence-corrected chi connectivity index (χ0v) is 9.57. The summed E-state index contributed by atoms with van der Waals surface area (Å²) in [4.78, 5) is 11.9. The molecule has 3 nitrogen and oxygen atoms in total. The molecule has 2 rings (SSSR count). The Bertz CT molecular complexity index is 364. The zero-order valence-electron chi connectivity index (χ0n) is 9.57. The molecule has 3 heteroatoms. The quantitative estimate of drug-likeness (QED) is 0.790. The molecular weight excluding hydrogens is 200 g/mol. The van der Waals surface area contributed by atoms with Crippen LogP contribution in [0.4, 0.5) is 0 Å². The molecule has 86 valence electrons. The number of carbonyl (C=O) groups is 1. The van der Waals surface area contributed by atoms with E-state index >= 15 is 0 Å². The molecule has 1 amide bonds. The molecule has 0 spiro atoms. The smallest absolute Gasteiger partial charge is 0.224 e. The molecule has 1 aromatic carbocycles. The third-order valence-corrected chi connectivity index (χ3v) is 3.16. The van der Waals surface area contributed by atoms with Gasteiger partial charge in [0.1, 0.15) is 0 Å². The highest BCUT2D eigenvalue weighted by atomic mass is 16.1. The van der Waals surface area contributed by atoms with Gasteiger partial charge < -0.3 is 11.1 Å². The van der Waals surface area contributed by atoms with E-state index in [1.807, 2.05) is 19.1 Å². The van der Waals surface area contributed by atoms with E-state index in [0.717, 1.165) is 12.8 Å². The maximum Gasteiger partial charge on any atom is 0.224 e. The summed E-state index contributed by atoms with van der Waals surface area (Å²) in [6, 6.07) is 8.34. The van der Waals surface area contributed by atoms with Crippen molar-refractivity contribution in [3.05, 3.63) is 35.4 Å². The maximum atomic E-state index is 11.9. The molecule has 0 fully saturated rings. The van der Waals surface area contributed by atoms with E-state index in [1.54, 1.807) is 0 Å². The second-order valence-electron chi connectivity index (χ2n) is 4.52. The highest BCUT2D eigenvalue weighted by Gasteiger charge is 2.27. The lowest BCUT2D eigenvalue weighted by molar-refractivity contribution is -0.125. The van der Waals surface area contributed by atoms with E-state index in [9.17, 15) is 4.79 Å². The molecule has 1 aliphatic carbocycles. The second kappa shape index (κ2) is 4.66. The van der Waals surface area contributed by atoms with Crippen LogP contribution in [0, 0.1) is 5.92 Å². The lowest BCUT2D eigenvalue weighted by Gasteiger charge is -2.15. The summed E-state index contributed by atoms with van der Waals surface area (Å²) < 4.78 is 0. The summed E-state index contributed by atoms with van der Waals surface area (Å²) in [6.45, 7) is 2.42. The Morgan fingerprint density at radius 2 is 2.00 bits per heavy atom. The fraction of sp³-hybridized carbons (Fsp3) is 0.462. The van der Waals surface area contributed by atoms with E-state index in [4.69, 9.17) is 5.73 Å². The topological polar surface area (TPSA) is 55.1 Å². The van der Waals surface area contributed by atoms with Gasteiger partial charge in [-0.2, -0.15) is 0 Å². The normalized spacial score (nSPS) is 16.9. The fourth-order valence-corrected chi connectivity index (χ4v) is 2.16. The van der Waals surface area contributed by atoms with Crippen LogP contribution in [0.5, 0.6) is 0 Å². The zero-order chi connectivity index (χ0) is 11.5. The van der Waals surface area contributed by atoms with Crippen LogP contribution in [-0.4, -0.2) is 18.5 Å². The van der Waals surface area contributed by atoms with Crippen molar-refractivity contribution in [3.63, 3.8) is 0 Å². The minimum absolute atomic E-state index is 0.0659. The van der Waals surface area contributed by atoms with E-state index < -0.39 is 0 Å². The third kappa shape index (κ3) is 2.25. The molecule has 0 saturated carbocycles. The number of benzene rings is 1. The van der Waals surface area contributed by atoms with E-state index in [0.29, 0.717) is 6.54 Å². The molecule has 0 heterocycles. The number of nitrogens with two attached hydrogens (primary N) is 1. The van der Waals surface area contributed by atoms with Crippen LogP contribution in [-0.2, 0) is 17.6 Å². The van der Waals surface area contributed by atoms with Gasteiger partial charge in [0, 0.05) is 18.5 Å². The number of hydrogen-bond donors (Lipinski definition) is 2. The number of fused-ring (bicyclic) bond motifs is 1. The highest BCUT2D eigenvalue weighted by molar-refractivity contribution is 5.80. The monoisotopic (exact) mass is 218 g/mol. The molecule has 1 unspecified atom stereocenters. The van der Waals surface area contributed by atoms with Gasteiger partial charge in [-0.1, -0.05) is 24.3 Å². The first-order chi connectivity index (χ1) is 7.70. The summed E-state index contributed by atoms with van der Waals surface area (Å²) in [5.41, 5.74) is 8.11. The van der Waals surface area contributed by atoms with Gasteiger partial charge in [-0.15, -0.1) is 0 Å². The van der Waals surface area contributed by atoms with Gasteiger partial charge >= 0.3 is 0 Å². The summed E-state index contributed by atoms with van der Waals surface area (Å²) in [6.07, 6.45) is 1.72. The number of carbonyl (C=O) groups excluding carboxylic acids is 1. The van der Waals surface area contributed by atoms with Crippen molar-refractivity contribution in [3.8, 4) is 0 Å². The number of nitrogens with one attached hydrogen (secondary N) is 1. The van der Waals surface area contributed by atoms with Gasteiger partial charge in [-0.3, -0.25) is 4.79 Å². The first-order valence-corrected chi connectivity index (χ1v) is 5.78. The first-order valence-electron chi connectivity index (χ1n) is 5.78. The van der Waals surface area contributed by atoms with Gasteiger partial charge in [0.2, 0.25) is 5.91 Å². The molecule has 0 radical (unpaired) electrons. The number of amides is 1. The van der Waals surface area contributed by atoms with Crippen molar-refractivity contribution in [2.45, 2.75) is 25.8 Å². The molecule has 3 N–H and O–H groups in total. The Balaban J connectivity index is 1.98. The van der Waals surface area contributed by atoms with E-state index in [1.165, 1.54) is 11.1 Å². The largest absolute Gasteiger partial charge is 0.352 e. The average molecular weight is 218 g/mol. The maximum absolute atomic E-state index is 11.9. The molecular formula is C13H18N2O. The van der Waals surface area contributed by atoms with Crippen molar-refractivity contribution < 1.29 is 4.79 Å². The van der Waals surface area contributed by atoms with Crippen molar-refractivity contribution >= 4 is 5.91 Å². The van der Waals surface area contributed by atoms with Gasteiger partial charge in [0.25, 0.3) is 0 Å². The Morgan fingerprint density at radius 3 is 2.50 bits per heavy atom.